The standard InChI is InChI=1S/C21H28N2O3S/c1-14-16-10-5-6-11-17(16)27-18(14)19(24)23-12-8-7-9-15(23)13-22-20(25)26-21(2,3)4/h5-6,10-11,15H,7-9,12-13H2,1-4H3,(H,22,25). The maximum absolute atomic E-state index is 13.3. The van der Waals surface area contributed by atoms with Crippen molar-refractivity contribution >= 4 is 33.4 Å². The predicted octanol–water partition coefficient (Wildman–Crippen LogP) is 4.73. The third-order valence-electron chi connectivity index (χ3n) is 4.81. The number of aryl methyl sites for hydroxylation is 1. The second-order valence-electron chi connectivity index (χ2n) is 8.08. The van der Waals surface area contributed by atoms with Crippen molar-refractivity contribution in [1.82, 2.24) is 10.2 Å². The van der Waals surface area contributed by atoms with Gasteiger partial charge in [-0.05, 0) is 64.0 Å². The van der Waals surface area contributed by atoms with E-state index < -0.39 is 11.7 Å². The van der Waals surface area contributed by atoms with Crippen LogP contribution in [0.2, 0.25) is 0 Å². The Labute approximate surface area is 164 Å². The summed E-state index contributed by atoms with van der Waals surface area (Å²) in [6.45, 7) is 8.69. The average molecular weight is 389 g/mol. The number of rotatable bonds is 3. The van der Waals surface area contributed by atoms with E-state index in [0.29, 0.717) is 6.54 Å². The van der Waals surface area contributed by atoms with Crippen molar-refractivity contribution in [2.24, 2.45) is 0 Å². The largest absolute Gasteiger partial charge is 0.444 e. The zero-order valence-electron chi connectivity index (χ0n) is 16.5. The maximum atomic E-state index is 13.3. The fraction of sp³-hybridized carbons (Fsp3) is 0.524. The molecule has 5 nitrogen and oxygen atoms in total. The van der Waals surface area contributed by atoms with Gasteiger partial charge >= 0.3 is 6.09 Å². The molecule has 27 heavy (non-hydrogen) atoms. The molecule has 2 aromatic rings. The minimum absolute atomic E-state index is 0.00313. The first-order chi connectivity index (χ1) is 12.8. The summed E-state index contributed by atoms with van der Waals surface area (Å²) < 4.78 is 6.45. The first kappa shape index (κ1) is 19.7. The third-order valence-corrected chi connectivity index (χ3v) is 6.07. The number of benzene rings is 1. The number of piperidine rings is 1. The van der Waals surface area contributed by atoms with E-state index in [4.69, 9.17) is 4.74 Å². The van der Waals surface area contributed by atoms with Crippen LogP contribution in [0.15, 0.2) is 24.3 Å². The minimum Gasteiger partial charge on any atom is -0.444 e. The van der Waals surface area contributed by atoms with E-state index >= 15 is 0 Å². The Hall–Kier alpha value is -2.08. The van der Waals surface area contributed by atoms with Crippen LogP contribution in [0.4, 0.5) is 4.79 Å². The quantitative estimate of drug-likeness (QED) is 0.827. The third kappa shape index (κ3) is 4.61. The van der Waals surface area contributed by atoms with Gasteiger partial charge in [0.1, 0.15) is 5.60 Å². The van der Waals surface area contributed by atoms with Gasteiger partial charge in [-0.15, -0.1) is 11.3 Å². The van der Waals surface area contributed by atoms with Crippen LogP contribution in [-0.2, 0) is 4.74 Å². The van der Waals surface area contributed by atoms with Gasteiger partial charge in [0.2, 0.25) is 0 Å². The zero-order valence-corrected chi connectivity index (χ0v) is 17.3. The van der Waals surface area contributed by atoms with Crippen molar-refractivity contribution in [3.63, 3.8) is 0 Å². The number of hydrogen-bond donors (Lipinski definition) is 1. The number of carbonyl (C=O) groups is 2. The molecule has 2 heterocycles. The van der Waals surface area contributed by atoms with Gasteiger partial charge in [0, 0.05) is 23.8 Å². The number of carbonyl (C=O) groups excluding carboxylic acids is 2. The lowest BCUT2D eigenvalue weighted by molar-refractivity contribution is 0.0463. The molecule has 0 aliphatic carbocycles. The summed E-state index contributed by atoms with van der Waals surface area (Å²) >= 11 is 1.56. The molecule has 1 saturated heterocycles. The van der Waals surface area contributed by atoms with Crippen LogP contribution >= 0.6 is 11.3 Å². The highest BCUT2D eigenvalue weighted by molar-refractivity contribution is 7.21. The van der Waals surface area contributed by atoms with E-state index in [1.165, 1.54) is 0 Å². The fourth-order valence-corrected chi connectivity index (χ4v) is 4.67. The molecule has 0 bridgehead atoms. The molecule has 1 N–H and O–H groups in total. The molecular formula is C21H28N2O3S. The van der Waals surface area contributed by atoms with Crippen LogP contribution in [0.5, 0.6) is 0 Å². The summed E-state index contributed by atoms with van der Waals surface area (Å²) in [5.74, 6) is 0.0735. The summed E-state index contributed by atoms with van der Waals surface area (Å²) in [5.41, 5.74) is 0.519. The molecule has 6 heteroatoms. The van der Waals surface area contributed by atoms with Crippen LogP contribution < -0.4 is 5.32 Å². The van der Waals surface area contributed by atoms with Crippen LogP contribution in [0.1, 0.15) is 55.3 Å². The average Bonchev–Trinajstić information content (AvgIpc) is 2.95. The highest BCUT2D eigenvalue weighted by atomic mass is 32.1. The zero-order chi connectivity index (χ0) is 19.6. The van der Waals surface area contributed by atoms with Crippen molar-refractivity contribution in [3.05, 3.63) is 34.7 Å². The van der Waals surface area contributed by atoms with Gasteiger partial charge in [0.05, 0.1) is 4.88 Å². The number of alkyl carbamates (subject to hydrolysis) is 1. The molecule has 1 aromatic heterocycles. The van der Waals surface area contributed by atoms with Crippen LogP contribution in [0.3, 0.4) is 0 Å². The molecule has 0 radical (unpaired) electrons. The lowest BCUT2D eigenvalue weighted by Gasteiger charge is -2.36. The van der Waals surface area contributed by atoms with Gasteiger partial charge in [-0.2, -0.15) is 0 Å². The van der Waals surface area contributed by atoms with Crippen molar-refractivity contribution in [3.8, 4) is 0 Å². The number of fused-ring (bicyclic) bond motifs is 1. The molecule has 1 fully saturated rings. The van der Waals surface area contributed by atoms with Crippen molar-refractivity contribution in [2.45, 2.75) is 58.6 Å². The number of amides is 2. The number of ether oxygens (including phenoxy) is 1. The molecule has 1 aliphatic rings. The molecule has 0 spiro atoms. The Morgan fingerprint density at radius 2 is 2.00 bits per heavy atom. The fourth-order valence-electron chi connectivity index (χ4n) is 3.50. The molecule has 1 unspecified atom stereocenters. The topological polar surface area (TPSA) is 58.6 Å². The van der Waals surface area contributed by atoms with Crippen LogP contribution in [0, 0.1) is 6.92 Å². The highest BCUT2D eigenvalue weighted by Gasteiger charge is 2.30. The molecule has 3 rings (SSSR count). The van der Waals surface area contributed by atoms with E-state index in [1.807, 2.05) is 44.7 Å². The predicted molar refractivity (Wildman–Crippen MR) is 109 cm³/mol. The number of nitrogens with one attached hydrogen (secondary N) is 1. The second-order valence-corrected chi connectivity index (χ2v) is 9.14. The summed E-state index contributed by atoms with van der Waals surface area (Å²) in [5, 5.41) is 3.98. The summed E-state index contributed by atoms with van der Waals surface area (Å²) in [6.07, 6.45) is 2.53. The van der Waals surface area contributed by atoms with Crippen LogP contribution in [-0.4, -0.2) is 41.6 Å². The van der Waals surface area contributed by atoms with Crippen molar-refractivity contribution in [2.75, 3.05) is 13.1 Å². The summed E-state index contributed by atoms with van der Waals surface area (Å²) in [7, 11) is 0. The monoisotopic (exact) mass is 388 g/mol. The first-order valence-electron chi connectivity index (χ1n) is 9.52. The molecule has 1 aliphatic heterocycles. The van der Waals surface area contributed by atoms with Crippen LogP contribution in [0.25, 0.3) is 10.1 Å². The maximum Gasteiger partial charge on any atom is 0.407 e. The molecular weight excluding hydrogens is 360 g/mol. The van der Waals surface area contributed by atoms with E-state index in [9.17, 15) is 9.59 Å². The lowest BCUT2D eigenvalue weighted by atomic mass is 10.0. The van der Waals surface area contributed by atoms with Gasteiger partial charge in [-0.3, -0.25) is 4.79 Å². The Balaban J connectivity index is 1.73. The minimum atomic E-state index is -0.527. The second kappa shape index (κ2) is 7.89. The van der Waals surface area contributed by atoms with E-state index in [0.717, 1.165) is 46.3 Å². The Kier molecular flexibility index (Phi) is 5.75. The van der Waals surface area contributed by atoms with Gasteiger partial charge in [-0.25, -0.2) is 4.79 Å². The number of nitrogens with zero attached hydrogens (tertiary/aromatic N) is 1. The smallest absolute Gasteiger partial charge is 0.407 e. The normalized spacial score (nSPS) is 17.8. The Morgan fingerprint density at radius 3 is 2.70 bits per heavy atom. The molecule has 2 amide bonds. The SMILES string of the molecule is Cc1c(C(=O)N2CCCCC2CNC(=O)OC(C)(C)C)sc2ccccc12. The van der Waals surface area contributed by atoms with Crippen molar-refractivity contribution in [1.29, 1.82) is 0 Å². The van der Waals surface area contributed by atoms with E-state index in [-0.39, 0.29) is 11.9 Å². The first-order valence-corrected chi connectivity index (χ1v) is 10.3. The summed E-state index contributed by atoms with van der Waals surface area (Å²) in [6, 6.07) is 8.13. The van der Waals surface area contributed by atoms with Gasteiger partial charge < -0.3 is 15.0 Å². The molecule has 0 saturated carbocycles. The number of likely N-dealkylation sites (tertiary alicyclic amines) is 1. The number of thiophene rings is 1. The molecule has 1 aromatic carbocycles. The molecule has 146 valence electrons. The summed E-state index contributed by atoms with van der Waals surface area (Å²) in [4.78, 5) is 28.0. The molecule has 1 atom stereocenters. The van der Waals surface area contributed by atoms with Gasteiger partial charge in [-0.1, -0.05) is 18.2 Å². The van der Waals surface area contributed by atoms with Gasteiger partial charge in [0.15, 0.2) is 0 Å². The Bertz CT molecular complexity index is 838. The van der Waals surface area contributed by atoms with Crippen molar-refractivity contribution < 1.29 is 14.3 Å². The number of hydrogen-bond acceptors (Lipinski definition) is 4. The van der Waals surface area contributed by atoms with E-state index in [2.05, 4.69) is 17.4 Å². The highest BCUT2D eigenvalue weighted by Crippen LogP contribution is 2.32. The van der Waals surface area contributed by atoms with Gasteiger partial charge in [0.25, 0.3) is 5.91 Å². The lowest BCUT2D eigenvalue weighted by Crippen LogP contribution is -2.49. The van der Waals surface area contributed by atoms with E-state index in [1.54, 1.807) is 11.3 Å². The Morgan fingerprint density at radius 1 is 1.26 bits per heavy atom.